The Kier molecular flexibility index (Phi) is 3.64. The van der Waals surface area contributed by atoms with Gasteiger partial charge in [0.05, 0.1) is 33.9 Å². The van der Waals surface area contributed by atoms with Crippen molar-refractivity contribution in [2.75, 3.05) is 26.9 Å². The van der Waals surface area contributed by atoms with Crippen LogP contribution in [-0.2, 0) is 27.9 Å². The monoisotopic (exact) mass is 241 g/mol. The number of tetrazole rings is 1. The molecule has 1 fully saturated rings. The van der Waals surface area contributed by atoms with Crippen molar-refractivity contribution in [3.05, 3.63) is 5.82 Å². The number of rotatable bonds is 3. The zero-order valence-electron chi connectivity index (χ0n) is 9.87. The molecule has 1 aliphatic rings. The van der Waals surface area contributed by atoms with Crippen LogP contribution in [0.2, 0.25) is 0 Å². The summed E-state index contributed by atoms with van der Waals surface area (Å²) in [6.45, 7) is 2.05. The fourth-order valence-electron chi connectivity index (χ4n) is 1.75. The Morgan fingerprint density at radius 2 is 2.47 bits per heavy atom. The molecule has 1 aliphatic heterocycles. The predicted molar refractivity (Wildman–Crippen MR) is 55.8 cm³/mol. The second-order valence-corrected chi connectivity index (χ2v) is 3.78. The lowest BCUT2D eigenvalue weighted by molar-refractivity contribution is -0.153. The average Bonchev–Trinajstić information content (AvgIpc) is 2.74. The molecule has 0 saturated carbocycles. The highest BCUT2D eigenvalue weighted by molar-refractivity contribution is 5.75. The Morgan fingerprint density at radius 3 is 3.12 bits per heavy atom. The van der Waals surface area contributed by atoms with Crippen LogP contribution in [0, 0.1) is 0 Å². The summed E-state index contributed by atoms with van der Waals surface area (Å²) < 4.78 is 10.0. The number of esters is 1. The van der Waals surface area contributed by atoms with Crippen LogP contribution in [-0.4, -0.2) is 64.0 Å². The highest BCUT2D eigenvalue weighted by Crippen LogP contribution is 2.11. The Morgan fingerprint density at radius 1 is 1.65 bits per heavy atom. The Bertz CT molecular complexity index is 394. The van der Waals surface area contributed by atoms with Crippen LogP contribution < -0.4 is 0 Å². The number of hydrogen-bond donors (Lipinski definition) is 0. The lowest BCUT2D eigenvalue weighted by Crippen LogP contribution is -2.49. The van der Waals surface area contributed by atoms with E-state index in [0.29, 0.717) is 32.1 Å². The van der Waals surface area contributed by atoms with Gasteiger partial charge in [-0.05, 0) is 5.21 Å². The molecular formula is C9H15N5O3. The van der Waals surface area contributed by atoms with Gasteiger partial charge in [0, 0.05) is 6.54 Å². The van der Waals surface area contributed by atoms with E-state index in [-0.39, 0.29) is 5.97 Å². The zero-order valence-corrected chi connectivity index (χ0v) is 9.87. The molecule has 94 valence electrons. The summed E-state index contributed by atoms with van der Waals surface area (Å²) in [5.74, 6) is 0.289. The molecule has 0 amide bonds. The number of nitrogens with zero attached hydrogens (tertiary/aromatic N) is 5. The number of ether oxygens (including phenoxy) is 2. The molecule has 8 heteroatoms. The molecule has 8 nitrogen and oxygen atoms in total. The second kappa shape index (κ2) is 5.19. The molecule has 2 rings (SSSR count). The minimum Gasteiger partial charge on any atom is -0.468 e. The maximum absolute atomic E-state index is 11.6. The minimum absolute atomic E-state index is 0.298. The van der Waals surface area contributed by atoms with Crippen LogP contribution in [0.15, 0.2) is 0 Å². The fraction of sp³-hybridized carbons (Fsp3) is 0.778. The van der Waals surface area contributed by atoms with E-state index in [1.54, 1.807) is 7.05 Å². The van der Waals surface area contributed by atoms with Crippen molar-refractivity contribution in [3.8, 4) is 0 Å². The molecule has 1 aromatic rings. The molecule has 0 bridgehead atoms. The predicted octanol–water partition coefficient (Wildman–Crippen LogP) is -1.42. The van der Waals surface area contributed by atoms with Crippen LogP contribution >= 0.6 is 0 Å². The third-order valence-corrected chi connectivity index (χ3v) is 2.61. The molecule has 17 heavy (non-hydrogen) atoms. The molecule has 1 atom stereocenters. The van der Waals surface area contributed by atoms with Crippen LogP contribution in [0.4, 0.5) is 0 Å². The summed E-state index contributed by atoms with van der Waals surface area (Å²) in [4.78, 5) is 14.9. The standard InChI is InChI=1S/C9H15N5O3/c1-13-11-8(10-12-13)5-14-3-4-17-6-7(14)9(15)16-2/h7H,3-6H2,1-2H3. The van der Waals surface area contributed by atoms with Gasteiger partial charge in [0.1, 0.15) is 6.04 Å². The topological polar surface area (TPSA) is 82.4 Å². The van der Waals surface area contributed by atoms with Crippen molar-refractivity contribution in [2.24, 2.45) is 7.05 Å². The number of carbonyl (C=O) groups excluding carboxylic acids is 1. The largest absolute Gasteiger partial charge is 0.468 e. The summed E-state index contributed by atoms with van der Waals surface area (Å²) in [6, 6.07) is -0.391. The normalized spacial score (nSPS) is 21.4. The molecule has 0 N–H and O–H groups in total. The third-order valence-electron chi connectivity index (χ3n) is 2.61. The van der Waals surface area contributed by atoms with Gasteiger partial charge in [-0.3, -0.25) is 9.69 Å². The van der Waals surface area contributed by atoms with E-state index >= 15 is 0 Å². The highest BCUT2D eigenvalue weighted by atomic mass is 16.5. The van der Waals surface area contributed by atoms with E-state index in [2.05, 4.69) is 15.4 Å². The van der Waals surface area contributed by atoms with E-state index in [4.69, 9.17) is 9.47 Å². The first-order chi connectivity index (χ1) is 8.20. The van der Waals surface area contributed by atoms with Crippen molar-refractivity contribution >= 4 is 5.97 Å². The van der Waals surface area contributed by atoms with E-state index in [9.17, 15) is 4.79 Å². The molecule has 1 aromatic heterocycles. The first-order valence-electron chi connectivity index (χ1n) is 5.33. The first-order valence-corrected chi connectivity index (χ1v) is 5.33. The van der Waals surface area contributed by atoms with E-state index < -0.39 is 6.04 Å². The number of methoxy groups -OCH3 is 1. The van der Waals surface area contributed by atoms with Gasteiger partial charge in [0.2, 0.25) is 0 Å². The number of aromatic nitrogens is 4. The first kappa shape index (κ1) is 11.9. The summed E-state index contributed by atoms with van der Waals surface area (Å²) >= 11 is 0. The van der Waals surface area contributed by atoms with Crippen LogP contribution in [0.3, 0.4) is 0 Å². The third kappa shape index (κ3) is 2.77. The number of hydrogen-bond acceptors (Lipinski definition) is 7. The molecule has 0 radical (unpaired) electrons. The van der Waals surface area contributed by atoms with Crippen molar-refractivity contribution in [2.45, 2.75) is 12.6 Å². The highest BCUT2D eigenvalue weighted by Gasteiger charge is 2.31. The lowest BCUT2D eigenvalue weighted by Gasteiger charge is -2.32. The summed E-state index contributed by atoms with van der Waals surface area (Å²) in [6.07, 6.45) is 0. The summed E-state index contributed by atoms with van der Waals surface area (Å²) in [5, 5.41) is 11.7. The van der Waals surface area contributed by atoms with Gasteiger partial charge in [-0.25, -0.2) is 0 Å². The Hall–Kier alpha value is -1.54. The van der Waals surface area contributed by atoms with Gasteiger partial charge in [-0.15, -0.1) is 10.2 Å². The van der Waals surface area contributed by atoms with Crippen molar-refractivity contribution in [3.63, 3.8) is 0 Å². The maximum Gasteiger partial charge on any atom is 0.325 e. The van der Waals surface area contributed by atoms with Gasteiger partial charge in [0.25, 0.3) is 0 Å². The molecule has 1 saturated heterocycles. The summed E-state index contributed by atoms with van der Waals surface area (Å²) in [5.41, 5.74) is 0. The molecular weight excluding hydrogens is 226 g/mol. The van der Waals surface area contributed by atoms with Gasteiger partial charge >= 0.3 is 5.97 Å². The molecule has 0 aromatic carbocycles. The van der Waals surface area contributed by atoms with Crippen molar-refractivity contribution in [1.82, 2.24) is 25.1 Å². The van der Waals surface area contributed by atoms with Gasteiger partial charge in [-0.2, -0.15) is 4.80 Å². The quantitative estimate of drug-likeness (QED) is 0.601. The molecule has 2 heterocycles. The zero-order chi connectivity index (χ0) is 12.3. The van der Waals surface area contributed by atoms with Crippen molar-refractivity contribution in [1.29, 1.82) is 0 Å². The fourth-order valence-corrected chi connectivity index (χ4v) is 1.75. The van der Waals surface area contributed by atoms with Crippen LogP contribution in [0.5, 0.6) is 0 Å². The number of morpholine rings is 1. The summed E-state index contributed by atoms with van der Waals surface area (Å²) in [7, 11) is 3.07. The van der Waals surface area contributed by atoms with Gasteiger partial charge < -0.3 is 9.47 Å². The van der Waals surface area contributed by atoms with Crippen molar-refractivity contribution < 1.29 is 14.3 Å². The van der Waals surface area contributed by atoms with Crippen LogP contribution in [0.25, 0.3) is 0 Å². The lowest BCUT2D eigenvalue weighted by atomic mass is 10.2. The number of carbonyl (C=O) groups is 1. The Labute approximate surface area is 98.5 Å². The maximum atomic E-state index is 11.6. The average molecular weight is 241 g/mol. The minimum atomic E-state index is -0.391. The van der Waals surface area contributed by atoms with E-state index in [1.807, 2.05) is 4.90 Å². The molecule has 0 aliphatic carbocycles. The molecule has 1 unspecified atom stereocenters. The van der Waals surface area contributed by atoms with Gasteiger partial charge in [-0.1, -0.05) is 0 Å². The van der Waals surface area contributed by atoms with E-state index in [0.717, 1.165) is 0 Å². The second-order valence-electron chi connectivity index (χ2n) is 3.78. The van der Waals surface area contributed by atoms with E-state index in [1.165, 1.54) is 11.9 Å². The smallest absolute Gasteiger partial charge is 0.325 e. The van der Waals surface area contributed by atoms with Gasteiger partial charge in [0.15, 0.2) is 5.82 Å². The van der Waals surface area contributed by atoms with Crippen LogP contribution in [0.1, 0.15) is 5.82 Å². The number of aryl methyl sites for hydroxylation is 1. The Balaban J connectivity index is 2.03. The SMILES string of the molecule is COC(=O)C1COCCN1Cc1nnn(C)n1. The molecule has 0 spiro atoms.